The summed E-state index contributed by atoms with van der Waals surface area (Å²) in [6.07, 6.45) is 0.182. The summed E-state index contributed by atoms with van der Waals surface area (Å²) < 4.78 is 42.1. The third-order valence-corrected chi connectivity index (χ3v) is 5.45. The van der Waals surface area contributed by atoms with Crippen molar-refractivity contribution in [3.63, 3.8) is 0 Å². The van der Waals surface area contributed by atoms with Gasteiger partial charge in [0.2, 0.25) is 0 Å². The Morgan fingerprint density at radius 2 is 1.79 bits per heavy atom. The summed E-state index contributed by atoms with van der Waals surface area (Å²) in [5, 5.41) is 3.07. The molecule has 1 aliphatic carbocycles. The molecule has 1 aromatic carbocycles. The van der Waals surface area contributed by atoms with Crippen molar-refractivity contribution in [3.05, 3.63) is 47.5 Å². The highest BCUT2D eigenvalue weighted by atomic mass is 19.4. The van der Waals surface area contributed by atoms with Crippen LogP contribution in [0.4, 0.5) is 13.2 Å². The highest BCUT2D eigenvalue weighted by Crippen LogP contribution is 2.34. The Morgan fingerprint density at radius 1 is 1.14 bits per heavy atom. The molecule has 29 heavy (non-hydrogen) atoms. The molecule has 0 aromatic heterocycles. The van der Waals surface area contributed by atoms with Gasteiger partial charge in [-0.2, -0.15) is 13.2 Å². The molecule has 6 heteroatoms. The van der Waals surface area contributed by atoms with E-state index in [9.17, 15) is 18.0 Å². The maximum absolute atomic E-state index is 12.2. The molecule has 1 N–H and O–H groups in total. The summed E-state index contributed by atoms with van der Waals surface area (Å²) >= 11 is 0. The highest BCUT2D eigenvalue weighted by molar-refractivity contribution is 5.88. The first-order valence-electron chi connectivity index (χ1n) is 10.5. The van der Waals surface area contributed by atoms with Crippen LogP contribution in [0.5, 0.6) is 0 Å². The number of halogens is 3. The average Bonchev–Trinajstić information content (AvgIpc) is 2.69. The molecule has 3 nitrogen and oxygen atoms in total. The van der Waals surface area contributed by atoms with Crippen LogP contribution < -0.4 is 5.32 Å². The first kappa shape index (κ1) is 23.5. The van der Waals surface area contributed by atoms with Crippen LogP contribution in [0.15, 0.2) is 36.4 Å². The number of nitrogens with one attached hydrogen (secondary N) is 1. The number of carbonyl (C=O) groups is 1. The van der Waals surface area contributed by atoms with E-state index in [1.807, 2.05) is 19.1 Å². The van der Waals surface area contributed by atoms with Gasteiger partial charge in [-0.05, 0) is 68.5 Å². The van der Waals surface area contributed by atoms with E-state index in [-0.39, 0.29) is 18.5 Å². The number of rotatable bonds is 10. The first-order valence-corrected chi connectivity index (χ1v) is 10.5. The lowest BCUT2D eigenvalue weighted by molar-refractivity contribution is -0.146. The molecule has 0 unspecified atom stereocenters. The van der Waals surface area contributed by atoms with Crippen LogP contribution >= 0.6 is 0 Å². The molecule has 162 valence electrons. The summed E-state index contributed by atoms with van der Waals surface area (Å²) in [6.45, 7) is 6.98. The number of carbonyl (C=O) groups excluding carboxylic acids is 1. The van der Waals surface area contributed by atoms with Crippen LogP contribution in [0.1, 0.15) is 68.9 Å². The molecule has 0 bridgehead atoms. The van der Waals surface area contributed by atoms with Crippen LogP contribution in [0.25, 0.3) is 0 Å². The normalized spacial score (nSPS) is 19.7. The van der Waals surface area contributed by atoms with E-state index in [2.05, 4.69) is 24.0 Å². The summed E-state index contributed by atoms with van der Waals surface area (Å²) in [5.41, 5.74) is 2.79. The van der Waals surface area contributed by atoms with Gasteiger partial charge in [0.05, 0.1) is 0 Å². The number of ether oxygens (including phenoxy) is 1. The van der Waals surface area contributed by atoms with Crippen molar-refractivity contribution in [2.75, 3.05) is 13.1 Å². The predicted octanol–water partition coefficient (Wildman–Crippen LogP) is 5.70. The number of likely N-dealkylation sites (N-methyl/N-ethyl adjacent to an activating group) is 1. The largest absolute Gasteiger partial charge is 0.459 e. The topological polar surface area (TPSA) is 38.3 Å². The number of hydrogen-bond acceptors (Lipinski definition) is 3. The lowest BCUT2D eigenvalue weighted by atomic mass is 9.82. The fourth-order valence-corrected chi connectivity index (χ4v) is 3.71. The van der Waals surface area contributed by atoms with Gasteiger partial charge in [0.15, 0.2) is 0 Å². The molecule has 0 amide bonds. The minimum absolute atomic E-state index is 0.0509. The van der Waals surface area contributed by atoms with Gasteiger partial charge in [-0.3, -0.25) is 0 Å². The predicted molar refractivity (Wildman–Crippen MR) is 109 cm³/mol. The van der Waals surface area contributed by atoms with Gasteiger partial charge in [-0.25, -0.2) is 4.79 Å². The number of esters is 1. The van der Waals surface area contributed by atoms with Gasteiger partial charge in [-0.15, -0.1) is 0 Å². The minimum Gasteiger partial charge on any atom is -0.459 e. The van der Waals surface area contributed by atoms with Crippen LogP contribution in [-0.2, 0) is 16.0 Å². The van der Waals surface area contributed by atoms with Gasteiger partial charge < -0.3 is 10.1 Å². The van der Waals surface area contributed by atoms with E-state index in [1.54, 1.807) is 0 Å². The number of alkyl halides is 3. The smallest absolute Gasteiger partial charge is 0.389 e. The zero-order valence-corrected chi connectivity index (χ0v) is 17.2. The Labute approximate surface area is 171 Å². The summed E-state index contributed by atoms with van der Waals surface area (Å²) in [4.78, 5) is 12.0. The van der Waals surface area contributed by atoms with Gasteiger partial charge in [0.25, 0.3) is 0 Å². The second-order valence-electron chi connectivity index (χ2n) is 7.83. The maximum atomic E-state index is 12.2. The molecule has 2 rings (SSSR count). The summed E-state index contributed by atoms with van der Waals surface area (Å²) in [6, 6.07) is 8.24. The molecule has 1 aromatic rings. The Bertz CT molecular complexity index is 647. The van der Waals surface area contributed by atoms with Crippen molar-refractivity contribution in [1.29, 1.82) is 0 Å². The van der Waals surface area contributed by atoms with E-state index in [1.165, 1.54) is 5.56 Å². The molecular formula is C23H32F3NO2. The molecule has 1 fully saturated rings. The van der Waals surface area contributed by atoms with E-state index in [4.69, 9.17) is 4.74 Å². The van der Waals surface area contributed by atoms with Crippen molar-refractivity contribution in [2.24, 2.45) is 0 Å². The van der Waals surface area contributed by atoms with Gasteiger partial charge >= 0.3 is 12.1 Å². The maximum Gasteiger partial charge on any atom is 0.389 e. The Morgan fingerprint density at radius 3 is 2.38 bits per heavy atom. The molecule has 1 aliphatic rings. The quantitative estimate of drug-likeness (QED) is 0.305. The number of hydrogen-bond donors (Lipinski definition) is 1. The first-order chi connectivity index (χ1) is 13.8. The third kappa shape index (κ3) is 8.60. The van der Waals surface area contributed by atoms with Crippen molar-refractivity contribution >= 4 is 5.97 Å². The monoisotopic (exact) mass is 411 g/mol. The van der Waals surface area contributed by atoms with Gasteiger partial charge in [0, 0.05) is 18.5 Å². The lowest BCUT2D eigenvalue weighted by Gasteiger charge is -2.29. The second-order valence-corrected chi connectivity index (χ2v) is 7.83. The Hall–Kier alpha value is -1.82. The molecule has 0 aliphatic heterocycles. The van der Waals surface area contributed by atoms with Crippen LogP contribution in [0, 0.1) is 0 Å². The molecule has 0 saturated heterocycles. The third-order valence-electron chi connectivity index (χ3n) is 5.45. The Balaban J connectivity index is 1.72. The summed E-state index contributed by atoms with van der Waals surface area (Å²) in [5.74, 6) is 0.124. The number of benzene rings is 1. The highest BCUT2D eigenvalue weighted by Gasteiger charge is 2.26. The molecule has 0 atom stereocenters. The van der Waals surface area contributed by atoms with E-state index < -0.39 is 12.6 Å². The standard InChI is InChI=1S/C23H32F3NO2/c1-3-27-16-17(2)22(28)29-21-13-11-20(12-14-21)19-9-7-18(8-10-19)6-4-5-15-23(24,25)26/h7-10,20-21,27H,2-6,11-16H2,1H3. The minimum atomic E-state index is -4.06. The fourth-order valence-electron chi connectivity index (χ4n) is 3.71. The zero-order valence-electron chi connectivity index (χ0n) is 17.2. The fraction of sp³-hybridized carbons (Fsp3) is 0.609. The van der Waals surface area contributed by atoms with Crippen LogP contribution in [0.2, 0.25) is 0 Å². The molecular weight excluding hydrogens is 379 g/mol. The van der Waals surface area contributed by atoms with Crippen LogP contribution in [-0.4, -0.2) is 31.3 Å². The second kappa shape index (κ2) is 11.4. The van der Waals surface area contributed by atoms with Crippen molar-refractivity contribution in [2.45, 2.75) is 76.5 Å². The number of aryl methyl sites for hydroxylation is 1. The van der Waals surface area contributed by atoms with Gasteiger partial charge in [0.1, 0.15) is 6.10 Å². The molecule has 0 spiro atoms. The van der Waals surface area contributed by atoms with Gasteiger partial charge in [-0.1, -0.05) is 37.8 Å². The van der Waals surface area contributed by atoms with Crippen molar-refractivity contribution in [3.8, 4) is 0 Å². The van der Waals surface area contributed by atoms with Crippen LogP contribution in [0.3, 0.4) is 0 Å². The van der Waals surface area contributed by atoms with E-state index >= 15 is 0 Å². The zero-order chi connectivity index (χ0) is 21.3. The Kier molecular flexibility index (Phi) is 9.21. The SMILES string of the molecule is C=C(CNCC)C(=O)OC1CCC(c2ccc(CCCCC(F)(F)F)cc2)CC1. The van der Waals surface area contributed by atoms with Crippen molar-refractivity contribution < 1.29 is 22.7 Å². The molecule has 0 heterocycles. The van der Waals surface area contributed by atoms with E-state index in [0.717, 1.165) is 37.8 Å². The average molecular weight is 412 g/mol. The van der Waals surface area contributed by atoms with Crippen molar-refractivity contribution in [1.82, 2.24) is 5.32 Å². The number of unbranched alkanes of at least 4 members (excludes halogenated alkanes) is 1. The summed E-state index contributed by atoms with van der Waals surface area (Å²) in [7, 11) is 0. The molecule has 0 radical (unpaired) electrons. The van der Waals surface area contributed by atoms with E-state index in [0.29, 0.717) is 30.9 Å². The lowest BCUT2D eigenvalue weighted by Crippen LogP contribution is -2.27. The molecule has 1 saturated carbocycles.